The first-order valence-electron chi connectivity index (χ1n) is 8.75. The van der Waals surface area contributed by atoms with Gasteiger partial charge in [-0.3, -0.25) is 9.48 Å². The van der Waals surface area contributed by atoms with Crippen LogP contribution in [0, 0.1) is 23.2 Å². The van der Waals surface area contributed by atoms with Crippen molar-refractivity contribution in [1.29, 1.82) is 0 Å². The predicted molar refractivity (Wildman–Crippen MR) is 86.3 cm³/mol. The number of carbonyl (C=O) groups excluding carboxylic acids is 1. The van der Waals surface area contributed by atoms with E-state index in [1.807, 2.05) is 10.9 Å². The Morgan fingerprint density at radius 1 is 1.43 bits per heavy atom. The molecule has 2 saturated carbocycles. The van der Waals surface area contributed by atoms with Gasteiger partial charge in [0.05, 0.1) is 12.8 Å². The molecule has 0 radical (unpaired) electrons. The van der Waals surface area contributed by atoms with Crippen molar-refractivity contribution in [1.82, 2.24) is 20.3 Å². The van der Waals surface area contributed by atoms with Gasteiger partial charge < -0.3 is 10.4 Å². The van der Waals surface area contributed by atoms with Crippen LogP contribution in [-0.4, -0.2) is 32.6 Å². The second-order valence-corrected chi connectivity index (χ2v) is 7.98. The number of aliphatic hydroxyl groups is 1. The minimum atomic E-state index is -0.0587. The van der Waals surface area contributed by atoms with Crippen LogP contribution in [0.15, 0.2) is 6.20 Å². The van der Waals surface area contributed by atoms with Gasteiger partial charge in [0.2, 0.25) is 5.91 Å². The molecule has 0 bridgehead atoms. The molecule has 1 aromatic heterocycles. The highest BCUT2D eigenvalue weighted by Crippen LogP contribution is 2.51. The van der Waals surface area contributed by atoms with Crippen molar-refractivity contribution in [2.75, 3.05) is 6.54 Å². The van der Waals surface area contributed by atoms with Crippen molar-refractivity contribution in [2.45, 2.75) is 59.1 Å². The molecule has 3 atom stereocenters. The number of aromatic nitrogens is 3. The first-order chi connectivity index (χ1) is 11.0. The highest BCUT2D eigenvalue weighted by Gasteiger charge is 2.50. The summed E-state index contributed by atoms with van der Waals surface area (Å²) in [7, 11) is 0. The number of nitrogens with zero attached hydrogens (tertiary/aromatic N) is 3. The molecule has 2 fully saturated rings. The van der Waals surface area contributed by atoms with E-state index in [1.54, 1.807) is 0 Å². The molecule has 1 amide bonds. The second kappa shape index (κ2) is 6.59. The van der Waals surface area contributed by atoms with E-state index in [2.05, 4.69) is 29.5 Å². The van der Waals surface area contributed by atoms with Gasteiger partial charge in [0.1, 0.15) is 5.69 Å². The third-order valence-corrected chi connectivity index (χ3v) is 5.48. The Bertz CT molecular complexity index is 555. The van der Waals surface area contributed by atoms with Crippen LogP contribution in [0.2, 0.25) is 0 Å². The monoisotopic (exact) mass is 320 g/mol. The molecular formula is C17H28N4O2. The summed E-state index contributed by atoms with van der Waals surface area (Å²) in [6.07, 6.45) is 7.58. The van der Waals surface area contributed by atoms with Crippen LogP contribution in [0.3, 0.4) is 0 Å². The fourth-order valence-electron chi connectivity index (χ4n) is 3.80. The molecule has 0 aromatic carbocycles. The molecule has 0 unspecified atom stereocenters. The van der Waals surface area contributed by atoms with Crippen LogP contribution in [0.5, 0.6) is 0 Å². The van der Waals surface area contributed by atoms with E-state index in [1.165, 1.54) is 19.3 Å². The number of carbonyl (C=O) groups is 1. The summed E-state index contributed by atoms with van der Waals surface area (Å²) in [5.74, 6) is 1.60. The Kier molecular flexibility index (Phi) is 4.71. The molecule has 0 spiro atoms. The maximum Gasteiger partial charge on any atom is 0.223 e. The van der Waals surface area contributed by atoms with Crippen molar-refractivity contribution < 1.29 is 9.90 Å². The predicted octanol–water partition coefficient (Wildman–Crippen LogP) is 1.74. The Labute approximate surface area is 137 Å². The molecule has 1 heterocycles. The van der Waals surface area contributed by atoms with Gasteiger partial charge in [0, 0.05) is 19.0 Å². The summed E-state index contributed by atoms with van der Waals surface area (Å²) in [6.45, 7) is 5.92. The first kappa shape index (κ1) is 16.4. The lowest BCUT2D eigenvalue weighted by molar-refractivity contribution is -0.123. The average molecular weight is 320 g/mol. The molecule has 2 N–H and O–H groups in total. The highest BCUT2D eigenvalue weighted by molar-refractivity contribution is 5.82. The molecule has 128 valence electrons. The SMILES string of the molecule is CC1(C)C[C@@H]1C(=O)NC[C@@H]1CCC[C@H](Cn2cc(CO)nn2)C1. The van der Waals surface area contributed by atoms with Crippen molar-refractivity contribution in [3.63, 3.8) is 0 Å². The number of amides is 1. The van der Waals surface area contributed by atoms with Gasteiger partial charge in [0.25, 0.3) is 0 Å². The molecule has 2 aliphatic rings. The Morgan fingerprint density at radius 2 is 2.17 bits per heavy atom. The maximum atomic E-state index is 12.1. The summed E-state index contributed by atoms with van der Waals surface area (Å²) >= 11 is 0. The van der Waals surface area contributed by atoms with Crippen LogP contribution in [0.1, 0.15) is 51.6 Å². The van der Waals surface area contributed by atoms with E-state index in [4.69, 9.17) is 5.11 Å². The lowest BCUT2D eigenvalue weighted by Gasteiger charge is -2.29. The third-order valence-electron chi connectivity index (χ3n) is 5.48. The number of hydrogen-bond donors (Lipinski definition) is 2. The van der Waals surface area contributed by atoms with E-state index >= 15 is 0 Å². The van der Waals surface area contributed by atoms with E-state index < -0.39 is 0 Å². The Hall–Kier alpha value is -1.43. The second-order valence-electron chi connectivity index (χ2n) is 7.98. The van der Waals surface area contributed by atoms with E-state index in [-0.39, 0.29) is 23.8 Å². The number of nitrogens with one attached hydrogen (secondary N) is 1. The normalized spacial score (nSPS) is 29.3. The summed E-state index contributed by atoms with van der Waals surface area (Å²) in [4.78, 5) is 12.1. The van der Waals surface area contributed by atoms with Crippen molar-refractivity contribution >= 4 is 5.91 Å². The minimum Gasteiger partial charge on any atom is -0.390 e. The molecule has 0 saturated heterocycles. The fraction of sp³-hybridized carbons (Fsp3) is 0.824. The van der Waals surface area contributed by atoms with Gasteiger partial charge in [-0.25, -0.2) is 0 Å². The summed E-state index contributed by atoms with van der Waals surface area (Å²) in [5.41, 5.74) is 0.827. The van der Waals surface area contributed by atoms with Gasteiger partial charge in [0.15, 0.2) is 0 Å². The highest BCUT2D eigenvalue weighted by atomic mass is 16.3. The van der Waals surface area contributed by atoms with Crippen molar-refractivity contribution in [2.24, 2.45) is 23.2 Å². The van der Waals surface area contributed by atoms with Crippen LogP contribution in [0.4, 0.5) is 0 Å². The minimum absolute atomic E-state index is 0.0587. The Balaban J connectivity index is 1.43. The molecule has 1 aromatic rings. The third kappa shape index (κ3) is 4.10. The zero-order valence-corrected chi connectivity index (χ0v) is 14.2. The van der Waals surface area contributed by atoms with Gasteiger partial charge in [-0.1, -0.05) is 25.5 Å². The smallest absolute Gasteiger partial charge is 0.223 e. The molecule has 3 rings (SSSR count). The molecule has 6 heteroatoms. The summed E-state index contributed by atoms with van der Waals surface area (Å²) < 4.78 is 1.84. The van der Waals surface area contributed by atoms with Crippen molar-refractivity contribution in [3.05, 3.63) is 11.9 Å². The molecule has 2 aliphatic carbocycles. The van der Waals surface area contributed by atoms with Gasteiger partial charge in [-0.15, -0.1) is 5.10 Å². The first-order valence-corrected chi connectivity index (χ1v) is 8.75. The lowest BCUT2D eigenvalue weighted by Crippen LogP contribution is -2.34. The summed E-state index contributed by atoms with van der Waals surface area (Å²) in [5, 5.41) is 20.2. The van der Waals surface area contributed by atoms with E-state index in [0.29, 0.717) is 17.5 Å². The molecule has 6 nitrogen and oxygen atoms in total. The van der Waals surface area contributed by atoms with Crippen LogP contribution in [-0.2, 0) is 17.9 Å². The maximum absolute atomic E-state index is 12.1. The van der Waals surface area contributed by atoms with Gasteiger partial charge in [-0.05, 0) is 42.9 Å². The molecule has 0 aliphatic heterocycles. The zero-order valence-electron chi connectivity index (χ0n) is 14.2. The van der Waals surface area contributed by atoms with E-state index in [9.17, 15) is 4.79 Å². The van der Waals surface area contributed by atoms with Crippen molar-refractivity contribution in [3.8, 4) is 0 Å². The summed E-state index contributed by atoms with van der Waals surface area (Å²) in [6, 6.07) is 0. The van der Waals surface area contributed by atoms with Crippen LogP contribution >= 0.6 is 0 Å². The number of aliphatic hydroxyl groups excluding tert-OH is 1. The number of hydrogen-bond acceptors (Lipinski definition) is 4. The standard InChI is InChI=1S/C17H28N4O2/c1-17(2)7-15(17)16(23)18-8-12-4-3-5-13(6-12)9-21-10-14(11-22)19-20-21/h10,12-13,15,22H,3-9,11H2,1-2H3,(H,18,23)/t12-,13+,15-/m1/s1. The quantitative estimate of drug-likeness (QED) is 0.836. The topological polar surface area (TPSA) is 80.0 Å². The molecular weight excluding hydrogens is 292 g/mol. The lowest BCUT2D eigenvalue weighted by atomic mass is 9.81. The average Bonchev–Trinajstić information content (AvgIpc) is 2.95. The zero-order chi connectivity index (χ0) is 16.4. The largest absolute Gasteiger partial charge is 0.390 e. The molecule has 23 heavy (non-hydrogen) atoms. The number of rotatable bonds is 6. The van der Waals surface area contributed by atoms with E-state index in [0.717, 1.165) is 25.9 Å². The Morgan fingerprint density at radius 3 is 2.83 bits per heavy atom. The van der Waals surface area contributed by atoms with Gasteiger partial charge in [-0.2, -0.15) is 0 Å². The van der Waals surface area contributed by atoms with Gasteiger partial charge >= 0.3 is 0 Å². The van der Waals surface area contributed by atoms with Crippen LogP contribution in [0.25, 0.3) is 0 Å². The fourth-order valence-corrected chi connectivity index (χ4v) is 3.80. The van der Waals surface area contributed by atoms with Crippen LogP contribution < -0.4 is 5.32 Å².